The molecule has 3 atom stereocenters. The van der Waals surface area contributed by atoms with Crippen LogP contribution in [0.25, 0.3) is 0 Å². The largest absolute Gasteiger partial charge is 0.338 e. The van der Waals surface area contributed by atoms with Crippen LogP contribution >= 0.6 is 0 Å². The maximum Gasteiger partial charge on any atom is 0.239 e. The first-order chi connectivity index (χ1) is 6.00. The molecule has 1 amide bonds. The van der Waals surface area contributed by atoms with E-state index in [1.165, 1.54) is 0 Å². The number of nitrogens with one attached hydrogen (secondary N) is 1. The Kier molecular flexibility index (Phi) is 3.27. The van der Waals surface area contributed by atoms with Crippen LogP contribution < -0.4 is 11.1 Å². The van der Waals surface area contributed by atoms with E-state index in [1.54, 1.807) is 6.92 Å². The van der Waals surface area contributed by atoms with Crippen molar-refractivity contribution in [3.8, 4) is 0 Å². The van der Waals surface area contributed by atoms with E-state index in [-0.39, 0.29) is 11.9 Å². The number of nitrogens with two attached hydrogens (primary N) is 1. The Morgan fingerprint density at radius 1 is 1.46 bits per heavy atom. The van der Waals surface area contributed by atoms with Gasteiger partial charge in [-0.25, -0.2) is 0 Å². The van der Waals surface area contributed by atoms with E-state index < -0.39 is 0 Å². The summed E-state index contributed by atoms with van der Waals surface area (Å²) in [7, 11) is 0. The lowest BCUT2D eigenvalue weighted by Crippen LogP contribution is -2.58. The van der Waals surface area contributed by atoms with Crippen LogP contribution in [0.3, 0.4) is 0 Å². The molecule has 0 radical (unpaired) electrons. The SMILES string of the molecule is CC1CN(C(=O)[C@@H](C)N)CC(C)N1. The van der Waals surface area contributed by atoms with E-state index >= 15 is 0 Å². The zero-order chi connectivity index (χ0) is 10.0. The number of hydrogen-bond acceptors (Lipinski definition) is 3. The van der Waals surface area contributed by atoms with Crippen molar-refractivity contribution < 1.29 is 4.79 Å². The van der Waals surface area contributed by atoms with Crippen LogP contribution in [0, 0.1) is 0 Å². The average molecular weight is 185 g/mol. The van der Waals surface area contributed by atoms with Crippen molar-refractivity contribution in [2.24, 2.45) is 5.73 Å². The fraction of sp³-hybridized carbons (Fsp3) is 0.889. The average Bonchev–Trinajstić information content (AvgIpc) is 2.01. The van der Waals surface area contributed by atoms with Crippen LogP contribution in [-0.4, -0.2) is 42.0 Å². The van der Waals surface area contributed by atoms with Crippen molar-refractivity contribution in [1.82, 2.24) is 10.2 Å². The molecule has 13 heavy (non-hydrogen) atoms. The van der Waals surface area contributed by atoms with E-state index in [9.17, 15) is 4.79 Å². The number of piperazine rings is 1. The lowest BCUT2D eigenvalue weighted by atomic mass is 10.1. The van der Waals surface area contributed by atoms with Crippen LogP contribution in [0.1, 0.15) is 20.8 Å². The number of hydrogen-bond donors (Lipinski definition) is 2. The molecule has 0 aromatic rings. The highest BCUT2D eigenvalue weighted by Gasteiger charge is 2.25. The third kappa shape index (κ3) is 2.67. The van der Waals surface area contributed by atoms with E-state index in [0.29, 0.717) is 12.1 Å². The zero-order valence-corrected chi connectivity index (χ0v) is 8.58. The summed E-state index contributed by atoms with van der Waals surface area (Å²) in [6.45, 7) is 7.43. The maximum absolute atomic E-state index is 11.6. The van der Waals surface area contributed by atoms with Gasteiger partial charge in [-0.15, -0.1) is 0 Å². The molecule has 1 aliphatic heterocycles. The van der Waals surface area contributed by atoms with Gasteiger partial charge in [-0.1, -0.05) is 0 Å². The highest BCUT2D eigenvalue weighted by atomic mass is 16.2. The molecule has 1 fully saturated rings. The minimum absolute atomic E-state index is 0.0557. The number of amides is 1. The van der Waals surface area contributed by atoms with Crippen LogP contribution in [0.4, 0.5) is 0 Å². The summed E-state index contributed by atoms with van der Waals surface area (Å²) < 4.78 is 0. The fourth-order valence-electron chi connectivity index (χ4n) is 1.79. The second-order valence-corrected chi connectivity index (χ2v) is 4.00. The molecule has 0 saturated carbocycles. The summed E-state index contributed by atoms with van der Waals surface area (Å²) in [6.07, 6.45) is 0. The molecule has 4 heteroatoms. The molecule has 1 rings (SSSR count). The molecule has 0 aromatic heterocycles. The zero-order valence-electron chi connectivity index (χ0n) is 8.58. The quantitative estimate of drug-likeness (QED) is 0.581. The van der Waals surface area contributed by atoms with Gasteiger partial charge in [0.05, 0.1) is 6.04 Å². The van der Waals surface area contributed by atoms with Crippen LogP contribution in [-0.2, 0) is 4.79 Å². The van der Waals surface area contributed by atoms with Crippen molar-refractivity contribution in [3.63, 3.8) is 0 Å². The van der Waals surface area contributed by atoms with Crippen LogP contribution in [0.5, 0.6) is 0 Å². The predicted octanol–water partition coefficient (Wildman–Crippen LogP) is -0.458. The van der Waals surface area contributed by atoms with Gasteiger partial charge in [0.15, 0.2) is 0 Å². The van der Waals surface area contributed by atoms with Gasteiger partial charge < -0.3 is 16.0 Å². The van der Waals surface area contributed by atoms with Gasteiger partial charge in [-0.2, -0.15) is 0 Å². The topological polar surface area (TPSA) is 58.4 Å². The summed E-state index contributed by atoms with van der Waals surface area (Å²) >= 11 is 0. The Labute approximate surface area is 79.5 Å². The van der Waals surface area contributed by atoms with Crippen molar-refractivity contribution in [2.75, 3.05) is 13.1 Å². The first-order valence-electron chi connectivity index (χ1n) is 4.81. The first-order valence-corrected chi connectivity index (χ1v) is 4.81. The lowest BCUT2D eigenvalue weighted by Gasteiger charge is -2.36. The molecule has 1 heterocycles. The minimum atomic E-state index is -0.377. The second-order valence-electron chi connectivity index (χ2n) is 4.00. The molecule has 1 saturated heterocycles. The molecule has 1 aliphatic rings. The molecule has 3 N–H and O–H groups in total. The van der Waals surface area contributed by atoms with E-state index in [2.05, 4.69) is 19.2 Å². The molecule has 0 spiro atoms. The van der Waals surface area contributed by atoms with Crippen molar-refractivity contribution in [1.29, 1.82) is 0 Å². The molecule has 76 valence electrons. The van der Waals surface area contributed by atoms with Gasteiger partial charge in [0.2, 0.25) is 5.91 Å². The molecular formula is C9H19N3O. The highest BCUT2D eigenvalue weighted by Crippen LogP contribution is 2.05. The Morgan fingerprint density at radius 2 is 1.92 bits per heavy atom. The third-order valence-electron chi connectivity index (χ3n) is 2.26. The summed E-state index contributed by atoms with van der Waals surface area (Å²) in [6, 6.07) is 0.357. The standard InChI is InChI=1S/C9H19N3O/c1-6-4-12(5-7(2)11-6)9(13)8(3)10/h6-8,11H,4-5,10H2,1-3H3/t6?,7?,8-/m1/s1. The van der Waals surface area contributed by atoms with Crippen molar-refractivity contribution >= 4 is 5.91 Å². The monoisotopic (exact) mass is 185 g/mol. The van der Waals surface area contributed by atoms with E-state index in [0.717, 1.165) is 13.1 Å². The molecule has 0 bridgehead atoms. The minimum Gasteiger partial charge on any atom is -0.338 e. The first kappa shape index (κ1) is 10.5. The van der Waals surface area contributed by atoms with Gasteiger partial charge in [-0.05, 0) is 20.8 Å². The normalized spacial score (nSPS) is 31.5. The molecule has 2 unspecified atom stereocenters. The van der Waals surface area contributed by atoms with Crippen LogP contribution in [0.15, 0.2) is 0 Å². The smallest absolute Gasteiger partial charge is 0.239 e. The molecule has 0 aliphatic carbocycles. The molecular weight excluding hydrogens is 166 g/mol. The summed E-state index contributed by atoms with van der Waals surface area (Å²) in [5.74, 6) is 0.0557. The van der Waals surface area contributed by atoms with Crippen molar-refractivity contribution in [2.45, 2.75) is 38.9 Å². The third-order valence-corrected chi connectivity index (χ3v) is 2.26. The number of rotatable bonds is 1. The van der Waals surface area contributed by atoms with Gasteiger partial charge >= 0.3 is 0 Å². The Balaban J connectivity index is 2.55. The second kappa shape index (κ2) is 4.07. The summed E-state index contributed by atoms with van der Waals surface area (Å²) in [5, 5.41) is 3.37. The van der Waals surface area contributed by atoms with E-state index in [4.69, 9.17) is 5.73 Å². The molecule has 0 aromatic carbocycles. The number of carbonyl (C=O) groups excluding carboxylic acids is 1. The fourth-order valence-corrected chi connectivity index (χ4v) is 1.79. The highest BCUT2D eigenvalue weighted by molar-refractivity contribution is 5.81. The Hall–Kier alpha value is -0.610. The molecule has 4 nitrogen and oxygen atoms in total. The predicted molar refractivity (Wildman–Crippen MR) is 52.3 cm³/mol. The number of nitrogens with zero attached hydrogens (tertiary/aromatic N) is 1. The maximum atomic E-state index is 11.6. The van der Waals surface area contributed by atoms with Gasteiger partial charge in [0, 0.05) is 25.2 Å². The Bertz CT molecular complexity index is 183. The lowest BCUT2D eigenvalue weighted by molar-refractivity contribution is -0.133. The van der Waals surface area contributed by atoms with E-state index in [1.807, 2.05) is 4.90 Å². The summed E-state index contributed by atoms with van der Waals surface area (Å²) in [4.78, 5) is 13.4. The van der Waals surface area contributed by atoms with Gasteiger partial charge in [-0.3, -0.25) is 4.79 Å². The van der Waals surface area contributed by atoms with Crippen LogP contribution in [0.2, 0.25) is 0 Å². The number of carbonyl (C=O) groups is 1. The van der Waals surface area contributed by atoms with Crippen molar-refractivity contribution in [3.05, 3.63) is 0 Å². The van der Waals surface area contributed by atoms with Gasteiger partial charge in [0.1, 0.15) is 0 Å². The van der Waals surface area contributed by atoms with Gasteiger partial charge in [0.25, 0.3) is 0 Å². The Morgan fingerprint density at radius 3 is 2.31 bits per heavy atom. The summed E-state index contributed by atoms with van der Waals surface area (Å²) in [5.41, 5.74) is 5.55.